The first-order valence-corrected chi connectivity index (χ1v) is 7.06. The largest absolute Gasteiger partial charge is 0.495 e. The Kier molecular flexibility index (Phi) is 3.80. The van der Waals surface area contributed by atoms with Crippen LogP contribution in [0.3, 0.4) is 0 Å². The molecule has 0 atom stereocenters. The second-order valence-electron chi connectivity index (χ2n) is 4.88. The maximum Gasteiger partial charge on any atom is 0.257 e. The average molecular weight is 307 g/mol. The molecule has 0 bridgehead atoms. The van der Waals surface area contributed by atoms with E-state index in [0.29, 0.717) is 5.78 Å². The SMILES string of the molecule is C=C/C=C(\C=C)N(C)c1nc2nncn2c2c(OC)cccc12. The van der Waals surface area contributed by atoms with Crippen molar-refractivity contribution in [2.75, 3.05) is 19.1 Å². The molecule has 3 rings (SSSR count). The fourth-order valence-electron chi connectivity index (χ4n) is 2.55. The van der Waals surface area contributed by atoms with E-state index in [4.69, 9.17) is 4.74 Å². The van der Waals surface area contributed by atoms with E-state index in [1.807, 2.05) is 40.6 Å². The number of ether oxygens (including phenoxy) is 1. The van der Waals surface area contributed by atoms with Crippen LogP contribution in [0.4, 0.5) is 5.82 Å². The fourth-order valence-corrected chi connectivity index (χ4v) is 2.55. The van der Waals surface area contributed by atoms with Crippen molar-refractivity contribution < 1.29 is 4.74 Å². The average Bonchev–Trinajstić information content (AvgIpc) is 3.06. The van der Waals surface area contributed by atoms with Crippen LogP contribution in [0.25, 0.3) is 16.7 Å². The third kappa shape index (κ3) is 2.34. The van der Waals surface area contributed by atoms with Crippen molar-refractivity contribution in [3.05, 3.63) is 61.6 Å². The van der Waals surface area contributed by atoms with Crippen molar-refractivity contribution in [3.8, 4) is 5.75 Å². The van der Waals surface area contributed by atoms with Gasteiger partial charge in [0, 0.05) is 18.1 Å². The summed E-state index contributed by atoms with van der Waals surface area (Å²) in [6.45, 7) is 7.59. The van der Waals surface area contributed by atoms with Gasteiger partial charge in [-0.05, 0) is 24.3 Å². The topological polar surface area (TPSA) is 55.6 Å². The first-order valence-electron chi connectivity index (χ1n) is 7.06. The second kappa shape index (κ2) is 5.92. The lowest BCUT2D eigenvalue weighted by atomic mass is 10.2. The van der Waals surface area contributed by atoms with Gasteiger partial charge in [-0.25, -0.2) is 0 Å². The Bertz CT molecular complexity index is 925. The quantitative estimate of drug-likeness (QED) is 0.678. The number of allylic oxidation sites excluding steroid dienone is 3. The molecule has 0 amide bonds. The minimum absolute atomic E-state index is 0.505. The van der Waals surface area contributed by atoms with Gasteiger partial charge in [-0.3, -0.25) is 4.40 Å². The highest BCUT2D eigenvalue weighted by molar-refractivity contribution is 5.96. The van der Waals surface area contributed by atoms with Gasteiger partial charge in [0.2, 0.25) is 0 Å². The number of aromatic nitrogens is 4. The fraction of sp³-hybridized carbons (Fsp3) is 0.118. The second-order valence-corrected chi connectivity index (χ2v) is 4.88. The molecule has 2 heterocycles. The number of likely N-dealkylation sites (N-methyl/N-ethyl adjacent to an activating group) is 1. The molecule has 0 aliphatic heterocycles. The molecule has 0 saturated carbocycles. The third-order valence-electron chi connectivity index (χ3n) is 3.64. The molecule has 1 aromatic carbocycles. The molecule has 0 aliphatic carbocycles. The number of fused-ring (bicyclic) bond motifs is 3. The smallest absolute Gasteiger partial charge is 0.257 e. The van der Waals surface area contributed by atoms with Gasteiger partial charge in [0.1, 0.15) is 23.4 Å². The van der Waals surface area contributed by atoms with Gasteiger partial charge in [0.15, 0.2) is 0 Å². The zero-order valence-corrected chi connectivity index (χ0v) is 13.1. The Labute approximate surface area is 134 Å². The van der Waals surface area contributed by atoms with Gasteiger partial charge in [-0.15, -0.1) is 10.2 Å². The summed E-state index contributed by atoms with van der Waals surface area (Å²) in [7, 11) is 3.56. The molecule has 6 heteroatoms. The summed E-state index contributed by atoms with van der Waals surface area (Å²) >= 11 is 0. The summed E-state index contributed by atoms with van der Waals surface area (Å²) in [6, 6.07) is 5.82. The standard InChI is InChI=1S/C17H17N5O/c1-5-8-12(6-2)21(3)16-13-9-7-10-14(23-4)15(13)22-11-18-20-17(22)19-16/h5-11H,1-2H2,3-4H3/b12-8+. The number of hydrogen-bond donors (Lipinski definition) is 0. The zero-order valence-electron chi connectivity index (χ0n) is 13.1. The summed E-state index contributed by atoms with van der Waals surface area (Å²) in [5.74, 6) is 1.98. The lowest BCUT2D eigenvalue weighted by molar-refractivity contribution is 0.418. The van der Waals surface area contributed by atoms with Crippen molar-refractivity contribution in [1.82, 2.24) is 19.6 Å². The molecule has 0 aliphatic rings. The van der Waals surface area contributed by atoms with Gasteiger partial charge >= 0.3 is 0 Å². The van der Waals surface area contributed by atoms with Crippen molar-refractivity contribution in [1.29, 1.82) is 0 Å². The number of rotatable bonds is 5. The van der Waals surface area contributed by atoms with E-state index in [1.165, 1.54) is 0 Å². The van der Waals surface area contributed by atoms with Crippen molar-refractivity contribution >= 4 is 22.5 Å². The molecule has 116 valence electrons. The van der Waals surface area contributed by atoms with Crippen LogP contribution in [0, 0.1) is 0 Å². The Morgan fingerprint density at radius 1 is 1.35 bits per heavy atom. The summed E-state index contributed by atoms with van der Waals surface area (Å²) < 4.78 is 7.32. The Balaban J connectivity index is 2.37. The highest BCUT2D eigenvalue weighted by Crippen LogP contribution is 2.32. The van der Waals surface area contributed by atoms with Crippen LogP contribution in [0.1, 0.15) is 0 Å². The third-order valence-corrected chi connectivity index (χ3v) is 3.64. The lowest BCUT2D eigenvalue weighted by Gasteiger charge is -2.21. The first kappa shape index (κ1) is 14.8. The van der Waals surface area contributed by atoms with E-state index < -0.39 is 0 Å². The van der Waals surface area contributed by atoms with E-state index in [-0.39, 0.29) is 0 Å². The van der Waals surface area contributed by atoms with E-state index in [2.05, 4.69) is 28.3 Å². The number of anilines is 1. The maximum atomic E-state index is 5.50. The monoisotopic (exact) mass is 307 g/mol. The van der Waals surface area contributed by atoms with Gasteiger partial charge < -0.3 is 9.64 Å². The number of nitrogens with zero attached hydrogens (tertiary/aromatic N) is 5. The number of hydrogen-bond acceptors (Lipinski definition) is 5. The molecule has 6 nitrogen and oxygen atoms in total. The molecular weight excluding hydrogens is 290 g/mol. The Morgan fingerprint density at radius 2 is 2.17 bits per heavy atom. The van der Waals surface area contributed by atoms with Crippen LogP contribution in [0.15, 0.2) is 61.6 Å². The molecule has 0 radical (unpaired) electrons. The van der Waals surface area contributed by atoms with Gasteiger partial charge in [-0.2, -0.15) is 4.98 Å². The van der Waals surface area contributed by atoms with Crippen LogP contribution < -0.4 is 9.64 Å². The summed E-state index contributed by atoms with van der Waals surface area (Å²) in [6.07, 6.45) is 6.97. The highest BCUT2D eigenvalue weighted by Gasteiger charge is 2.17. The molecule has 0 saturated heterocycles. The van der Waals surface area contributed by atoms with E-state index >= 15 is 0 Å². The predicted molar refractivity (Wildman–Crippen MR) is 91.7 cm³/mol. The van der Waals surface area contributed by atoms with Crippen molar-refractivity contribution in [3.63, 3.8) is 0 Å². The maximum absolute atomic E-state index is 5.50. The minimum Gasteiger partial charge on any atom is -0.495 e. The molecular formula is C17H17N5O. The van der Waals surface area contributed by atoms with Crippen molar-refractivity contribution in [2.45, 2.75) is 0 Å². The van der Waals surface area contributed by atoms with E-state index in [0.717, 1.165) is 28.2 Å². The normalized spacial score (nSPS) is 11.7. The van der Waals surface area contributed by atoms with Crippen LogP contribution in [0.2, 0.25) is 0 Å². The minimum atomic E-state index is 0.505. The van der Waals surface area contributed by atoms with Gasteiger partial charge in [0.05, 0.1) is 7.11 Å². The Morgan fingerprint density at radius 3 is 2.87 bits per heavy atom. The Hall–Kier alpha value is -3.15. The van der Waals surface area contributed by atoms with E-state index in [1.54, 1.807) is 25.6 Å². The summed E-state index contributed by atoms with van der Waals surface area (Å²) in [5.41, 5.74) is 1.74. The predicted octanol–water partition coefficient (Wildman–Crippen LogP) is 2.98. The molecule has 0 fully saturated rings. The number of methoxy groups -OCH3 is 1. The van der Waals surface area contributed by atoms with Crippen molar-refractivity contribution in [2.24, 2.45) is 0 Å². The van der Waals surface area contributed by atoms with Crippen LogP contribution in [-0.2, 0) is 0 Å². The molecule has 2 aromatic heterocycles. The molecule has 23 heavy (non-hydrogen) atoms. The van der Waals surface area contributed by atoms with Gasteiger partial charge in [-0.1, -0.05) is 25.3 Å². The first-order chi connectivity index (χ1) is 11.2. The van der Waals surface area contributed by atoms with Crippen LogP contribution in [0.5, 0.6) is 5.75 Å². The molecule has 3 aromatic rings. The highest BCUT2D eigenvalue weighted by atomic mass is 16.5. The summed E-state index contributed by atoms with van der Waals surface area (Å²) in [4.78, 5) is 6.56. The zero-order chi connectivity index (χ0) is 16.4. The van der Waals surface area contributed by atoms with E-state index in [9.17, 15) is 0 Å². The number of benzene rings is 1. The molecule has 0 spiro atoms. The molecule has 0 unspecified atom stereocenters. The number of para-hydroxylation sites is 1. The summed E-state index contributed by atoms with van der Waals surface area (Å²) in [5, 5.41) is 8.95. The van der Waals surface area contributed by atoms with Gasteiger partial charge in [0.25, 0.3) is 5.78 Å². The van der Waals surface area contributed by atoms with Crippen LogP contribution in [-0.4, -0.2) is 33.7 Å². The molecule has 0 N–H and O–H groups in total. The van der Waals surface area contributed by atoms with Crippen LogP contribution >= 0.6 is 0 Å². The lowest BCUT2D eigenvalue weighted by Crippen LogP contribution is -2.17.